The second kappa shape index (κ2) is 9.80. The van der Waals surface area contributed by atoms with Crippen LogP contribution in [-0.4, -0.2) is 38.5 Å². The van der Waals surface area contributed by atoms with Gasteiger partial charge in [-0.1, -0.05) is 13.3 Å². The van der Waals surface area contributed by atoms with Gasteiger partial charge in [0.15, 0.2) is 11.5 Å². The number of rotatable bonds is 8. The number of aromatic nitrogens is 4. The number of primary amides is 1. The van der Waals surface area contributed by atoms with Gasteiger partial charge < -0.3 is 21.1 Å². The molecule has 0 atom stereocenters. The highest BCUT2D eigenvalue weighted by molar-refractivity contribution is 5.89. The van der Waals surface area contributed by atoms with Crippen molar-refractivity contribution in [2.45, 2.75) is 57.6 Å². The molecule has 1 aliphatic carbocycles. The third-order valence-electron chi connectivity index (χ3n) is 5.64. The molecule has 2 heterocycles. The maximum absolute atomic E-state index is 13.3. The zero-order valence-corrected chi connectivity index (χ0v) is 18.1. The number of ether oxygens (including phenoxy) is 1. The maximum atomic E-state index is 13.3. The molecule has 1 aliphatic rings. The Bertz CT molecular complexity index is 1060. The fourth-order valence-electron chi connectivity index (χ4n) is 3.97. The van der Waals surface area contributed by atoms with Gasteiger partial charge in [-0.2, -0.15) is 10.1 Å². The van der Waals surface area contributed by atoms with Gasteiger partial charge in [-0.15, -0.1) is 0 Å². The van der Waals surface area contributed by atoms with Crippen LogP contribution in [0.2, 0.25) is 0 Å². The number of fused-ring (bicyclic) bond motifs is 1. The summed E-state index contributed by atoms with van der Waals surface area (Å²) in [5.74, 6) is 0.875. The topological polar surface area (TPSA) is 120 Å². The lowest BCUT2D eigenvalue weighted by atomic mass is 9.93. The maximum Gasteiger partial charge on any atom is 0.404 e. The lowest BCUT2D eigenvalue weighted by Gasteiger charge is -2.28. The lowest BCUT2D eigenvalue weighted by molar-refractivity contribution is 0.0714. The molecule has 170 valence electrons. The average molecular weight is 442 g/mol. The molecule has 0 saturated heterocycles. The summed E-state index contributed by atoms with van der Waals surface area (Å²) in [6.07, 6.45) is 5.96. The third-order valence-corrected chi connectivity index (χ3v) is 5.64. The molecule has 4 rings (SSSR count). The number of amides is 1. The van der Waals surface area contributed by atoms with E-state index in [1.165, 1.54) is 12.1 Å². The Balaban J connectivity index is 1.62. The summed E-state index contributed by atoms with van der Waals surface area (Å²) in [5, 5.41) is 12.1. The van der Waals surface area contributed by atoms with E-state index >= 15 is 0 Å². The Labute approximate surface area is 185 Å². The molecular formula is C22H28FN7O2. The SMILES string of the molecule is CCCCNc1ncc2c(Nc3ccc(F)cc3)nn(C3CCC(OC(N)=O)CC3)c2n1. The van der Waals surface area contributed by atoms with Gasteiger partial charge >= 0.3 is 6.09 Å². The molecule has 1 amide bonds. The van der Waals surface area contributed by atoms with Gasteiger partial charge in [0.1, 0.15) is 11.9 Å². The van der Waals surface area contributed by atoms with E-state index in [9.17, 15) is 9.18 Å². The number of nitrogens with one attached hydrogen (secondary N) is 2. The molecule has 0 bridgehead atoms. The zero-order valence-electron chi connectivity index (χ0n) is 18.1. The third kappa shape index (κ3) is 5.06. The van der Waals surface area contributed by atoms with Crippen LogP contribution in [0.15, 0.2) is 30.5 Å². The van der Waals surface area contributed by atoms with Crippen molar-refractivity contribution in [2.24, 2.45) is 5.73 Å². The largest absolute Gasteiger partial charge is 0.446 e. The van der Waals surface area contributed by atoms with Gasteiger partial charge in [0.2, 0.25) is 5.95 Å². The number of carbonyl (C=O) groups excluding carboxylic acids is 1. The molecule has 1 saturated carbocycles. The minimum atomic E-state index is -0.737. The van der Waals surface area contributed by atoms with Crippen molar-refractivity contribution < 1.29 is 13.9 Å². The number of benzene rings is 1. The van der Waals surface area contributed by atoms with E-state index < -0.39 is 6.09 Å². The second-order valence-corrected chi connectivity index (χ2v) is 8.00. The molecule has 0 unspecified atom stereocenters. The smallest absolute Gasteiger partial charge is 0.404 e. The molecule has 3 aromatic rings. The zero-order chi connectivity index (χ0) is 22.5. The van der Waals surface area contributed by atoms with Crippen molar-refractivity contribution in [3.05, 3.63) is 36.3 Å². The van der Waals surface area contributed by atoms with Gasteiger partial charge in [-0.05, 0) is 56.4 Å². The number of unbranched alkanes of at least 4 members (excludes halogenated alkanes) is 1. The fraction of sp³-hybridized carbons (Fsp3) is 0.455. The van der Waals surface area contributed by atoms with Gasteiger partial charge in [0.05, 0.1) is 11.4 Å². The molecule has 0 radical (unpaired) electrons. The number of hydrogen-bond acceptors (Lipinski definition) is 7. The van der Waals surface area contributed by atoms with Gasteiger partial charge in [-0.25, -0.2) is 18.9 Å². The summed E-state index contributed by atoms with van der Waals surface area (Å²) < 4.78 is 20.4. The van der Waals surface area contributed by atoms with Crippen LogP contribution in [0, 0.1) is 5.82 Å². The quantitative estimate of drug-likeness (QED) is 0.440. The first-order valence-corrected chi connectivity index (χ1v) is 11.0. The Morgan fingerprint density at radius 1 is 1.25 bits per heavy atom. The van der Waals surface area contributed by atoms with E-state index in [1.807, 2.05) is 4.68 Å². The fourth-order valence-corrected chi connectivity index (χ4v) is 3.97. The molecule has 10 heteroatoms. The highest BCUT2D eigenvalue weighted by Gasteiger charge is 2.27. The number of nitrogens with two attached hydrogens (primary N) is 1. The summed E-state index contributed by atoms with van der Waals surface area (Å²) in [6.45, 7) is 2.93. The first kappa shape index (κ1) is 21.8. The van der Waals surface area contributed by atoms with Crippen LogP contribution in [0.3, 0.4) is 0 Å². The van der Waals surface area contributed by atoms with E-state index in [4.69, 9.17) is 20.6 Å². The Morgan fingerprint density at radius 3 is 2.69 bits per heavy atom. The van der Waals surface area contributed by atoms with Crippen LogP contribution < -0.4 is 16.4 Å². The number of anilines is 3. The van der Waals surface area contributed by atoms with Crippen molar-refractivity contribution in [1.82, 2.24) is 19.7 Å². The summed E-state index contributed by atoms with van der Waals surface area (Å²) >= 11 is 0. The van der Waals surface area contributed by atoms with Crippen molar-refractivity contribution in [1.29, 1.82) is 0 Å². The highest BCUT2D eigenvalue weighted by Crippen LogP contribution is 2.34. The molecule has 2 aromatic heterocycles. The van der Waals surface area contributed by atoms with E-state index in [1.54, 1.807) is 18.3 Å². The van der Waals surface area contributed by atoms with Crippen molar-refractivity contribution in [3.8, 4) is 0 Å². The molecule has 0 spiro atoms. The van der Waals surface area contributed by atoms with Crippen LogP contribution in [0.5, 0.6) is 0 Å². The normalized spacial score (nSPS) is 18.4. The van der Waals surface area contributed by atoms with E-state index in [0.717, 1.165) is 48.9 Å². The number of carbonyl (C=O) groups is 1. The highest BCUT2D eigenvalue weighted by atomic mass is 19.1. The van der Waals surface area contributed by atoms with Crippen molar-refractivity contribution in [2.75, 3.05) is 17.2 Å². The Hall–Kier alpha value is -3.43. The number of hydrogen-bond donors (Lipinski definition) is 3. The molecule has 1 fully saturated rings. The minimum absolute atomic E-state index is 0.104. The summed E-state index contributed by atoms with van der Waals surface area (Å²) in [7, 11) is 0. The Kier molecular flexibility index (Phi) is 6.67. The van der Waals surface area contributed by atoms with E-state index in [0.29, 0.717) is 24.6 Å². The molecule has 0 aliphatic heterocycles. The molecular weight excluding hydrogens is 413 g/mol. The predicted octanol–water partition coefficient (Wildman–Crippen LogP) is 4.50. The first-order chi connectivity index (χ1) is 15.5. The number of halogens is 1. The predicted molar refractivity (Wildman–Crippen MR) is 120 cm³/mol. The minimum Gasteiger partial charge on any atom is -0.446 e. The standard InChI is InChI=1S/C22H28FN7O2/c1-2-3-12-25-22-26-13-18-19(27-15-6-4-14(23)5-7-15)29-30(20(18)28-22)16-8-10-17(11-9-16)32-21(24)31/h4-7,13,16-17H,2-3,8-12H2,1H3,(H2,24,31)(H,27,29)(H,25,26,28). The first-order valence-electron chi connectivity index (χ1n) is 11.0. The van der Waals surface area contributed by atoms with Crippen LogP contribution in [0.25, 0.3) is 11.0 Å². The Morgan fingerprint density at radius 2 is 2.00 bits per heavy atom. The summed E-state index contributed by atoms with van der Waals surface area (Å²) in [6, 6.07) is 6.22. The van der Waals surface area contributed by atoms with E-state index in [-0.39, 0.29) is 18.0 Å². The van der Waals surface area contributed by atoms with Gasteiger partial charge in [-0.3, -0.25) is 0 Å². The second-order valence-electron chi connectivity index (χ2n) is 8.00. The lowest BCUT2D eigenvalue weighted by Crippen LogP contribution is -2.28. The number of nitrogens with zero attached hydrogens (tertiary/aromatic N) is 4. The van der Waals surface area contributed by atoms with Crippen molar-refractivity contribution >= 4 is 34.6 Å². The van der Waals surface area contributed by atoms with Crippen LogP contribution in [-0.2, 0) is 4.74 Å². The van der Waals surface area contributed by atoms with Crippen molar-refractivity contribution in [3.63, 3.8) is 0 Å². The average Bonchev–Trinajstić information content (AvgIpc) is 3.13. The van der Waals surface area contributed by atoms with Gasteiger partial charge in [0.25, 0.3) is 0 Å². The summed E-state index contributed by atoms with van der Waals surface area (Å²) in [5.41, 5.74) is 6.61. The van der Waals surface area contributed by atoms with Crippen LogP contribution >= 0.6 is 0 Å². The molecule has 4 N–H and O–H groups in total. The molecule has 32 heavy (non-hydrogen) atoms. The molecule has 1 aromatic carbocycles. The van der Waals surface area contributed by atoms with Crippen LogP contribution in [0.1, 0.15) is 51.5 Å². The van der Waals surface area contributed by atoms with Crippen LogP contribution in [0.4, 0.5) is 26.6 Å². The van der Waals surface area contributed by atoms with Gasteiger partial charge in [0, 0.05) is 18.4 Å². The van der Waals surface area contributed by atoms with E-state index in [2.05, 4.69) is 22.5 Å². The monoisotopic (exact) mass is 441 g/mol. The molecule has 9 nitrogen and oxygen atoms in total. The summed E-state index contributed by atoms with van der Waals surface area (Å²) in [4.78, 5) is 20.3.